The maximum atomic E-state index is 13.3. The van der Waals surface area contributed by atoms with Gasteiger partial charge in [-0.05, 0) is 66.1 Å². The molecule has 0 spiro atoms. The molecule has 0 aliphatic heterocycles. The molecule has 0 saturated heterocycles. The number of benzene rings is 2. The lowest BCUT2D eigenvalue weighted by atomic mass is 9.91. The third kappa shape index (κ3) is 11.4. The maximum Gasteiger partial charge on any atom is 0.416 e. The summed E-state index contributed by atoms with van der Waals surface area (Å²) in [6, 6.07) is 11.8. The number of nitrogens with zero attached hydrogens (tertiary/aromatic N) is 1. The first kappa shape index (κ1) is 31.2. The lowest BCUT2D eigenvalue weighted by molar-refractivity contribution is -0.137. The standard InChI is InChI=1S/C33H46F3N2O/c1-2-3-4-5-6-7-8-9-10-11-16-32(39)38-30-21-17-26(18-22-30)24-37-25-28-19-20-29(33(34,35)36)23-31(28)27-14-12-13-15-27/h17-23,27H,2-16,24-25H2,1H3,(H,38,39). The number of anilines is 1. The Bertz CT molecular complexity index is 981. The Balaban J connectivity index is 1.36. The van der Waals surface area contributed by atoms with E-state index >= 15 is 0 Å². The molecular weight excluding hydrogens is 497 g/mol. The second-order valence-corrected chi connectivity index (χ2v) is 11.1. The summed E-state index contributed by atoms with van der Waals surface area (Å²) in [6.07, 6.45) is 12.7. The van der Waals surface area contributed by atoms with Crippen LogP contribution in [0, 0.1) is 0 Å². The molecule has 2 aromatic carbocycles. The van der Waals surface area contributed by atoms with Gasteiger partial charge in [0.1, 0.15) is 0 Å². The van der Waals surface area contributed by atoms with Crippen molar-refractivity contribution in [3.05, 3.63) is 64.7 Å². The monoisotopic (exact) mass is 543 g/mol. The van der Waals surface area contributed by atoms with E-state index in [-0.39, 0.29) is 11.8 Å². The Kier molecular flexibility index (Phi) is 13.3. The molecule has 1 N–H and O–H groups in total. The van der Waals surface area contributed by atoms with Gasteiger partial charge in [-0.25, -0.2) is 5.32 Å². The molecule has 0 bridgehead atoms. The largest absolute Gasteiger partial charge is 0.416 e. The van der Waals surface area contributed by atoms with E-state index in [1.165, 1.54) is 63.5 Å². The minimum Gasteiger partial charge on any atom is -0.326 e. The number of halogens is 3. The SMILES string of the molecule is CCCCCCCCCCCCC(=O)Nc1ccc(C[N]Cc2ccc(C(F)(F)F)cc2C2CCCC2)cc1. The molecule has 3 nitrogen and oxygen atoms in total. The van der Waals surface area contributed by atoms with E-state index in [4.69, 9.17) is 0 Å². The molecule has 0 unspecified atom stereocenters. The quantitative estimate of drug-likeness (QED) is 0.198. The van der Waals surface area contributed by atoms with E-state index in [0.29, 0.717) is 19.5 Å². The van der Waals surface area contributed by atoms with E-state index in [2.05, 4.69) is 17.6 Å². The first-order valence-electron chi connectivity index (χ1n) is 15.1. The highest BCUT2D eigenvalue weighted by Gasteiger charge is 2.32. The predicted molar refractivity (Wildman–Crippen MR) is 154 cm³/mol. The first-order valence-corrected chi connectivity index (χ1v) is 15.1. The number of nitrogens with one attached hydrogen (secondary N) is 1. The summed E-state index contributed by atoms with van der Waals surface area (Å²) in [5, 5.41) is 7.62. The fourth-order valence-corrected chi connectivity index (χ4v) is 5.53. The molecular formula is C33H46F3N2O. The normalized spacial score (nSPS) is 14.2. The van der Waals surface area contributed by atoms with Gasteiger partial charge in [-0.2, -0.15) is 13.2 Å². The first-order chi connectivity index (χ1) is 18.9. The lowest BCUT2D eigenvalue weighted by Gasteiger charge is -2.18. The van der Waals surface area contributed by atoms with Gasteiger partial charge in [0.05, 0.1) is 5.56 Å². The molecule has 1 aliphatic rings. The third-order valence-corrected chi connectivity index (χ3v) is 7.84. The van der Waals surface area contributed by atoms with Crippen molar-refractivity contribution in [2.45, 2.75) is 128 Å². The van der Waals surface area contributed by atoms with Crippen molar-refractivity contribution < 1.29 is 18.0 Å². The van der Waals surface area contributed by atoms with Crippen molar-refractivity contribution in [2.24, 2.45) is 0 Å². The van der Waals surface area contributed by atoms with E-state index in [9.17, 15) is 18.0 Å². The second-order valence-electron chi connectivity index (χ2n) is 11.1. The zero-order valence-electron chi connectivity index (χ0n) is 23.6. The highest BCUT2D eigenvalue weighted by Crippen LogP contribution is 2.39. The minimum absolute atomic E-state index is 0.0498. The summed E-state index contributed by atoms with van der Waals surface area (Å²) in [4.78, 5) is 12.3. The Morgan fingerprint density at radius 1 is 0.846 bits per heavy atom. The molecule has 6 heteroatoms. The molecule has 2 aromatic rings. The smallest absolute Gasteiger partial charge is 0.326 e. The van der Waals surface area contributed by atoms with Crippen LogP contribution >= 0.6 is 0 Å². The van der Waals surface area contributed by atoms with Gasteiger partial charge in [0, 0.05) is 25.2 Å². The molecule has 215 valence electrons. The van der Waals surface area contributed by atoms with Gasteiger partial charge in [-0.15, -0.1) is 0 Å². The number of hydrogen-bond acceptors (Lipinski definition) is 1. The summed E-state index contributed by atoms with van der Waals surface area (Å²) < 4.78 is 39.8. The number of alkyl halides is 3. The van der Waals surface area contributed by atoms with Gasteiger partial charge in [-0.3, -0.25) is 4.79 Å². The lowest BCUT2D eigenvalue weighted by Crippen LogP contribution is -2.12. The van der Waals surface area contributed by atoms with Crippen LogP contribution in [0.25, 0.3) is 0 Å². The molecule has 1 aliphatic carbocycles. The third-order valence-electron chi connectivity index (χ3n) is 7.84. The Labute approximate surface area is 233 Å². The van der Waals surface area contributed by atoms with E-state index in [1.54, 1.807) is 6.07 Å². The molecule has 39 heavy (non-hydrogen) atoms. The highest BCUT2D eigenvalue weighted by molar-refractivity contribution is 5.90. The number of carbonyl (C=O) groups is 1. The van der Waals surface area contributed by atoms with Crippen LogP contribution in [0.4, 0.5) is 18.9 Å². The maximum absolute atomic E-state index is 13.3. The Morgan fingerprint density at radius 2 is 1.46 bits per heavy atom. The van der Waals surface area contributed by atoms with Crippen molar-refractivity contribution >= 4 is 11.6 Å². The molecule has 1 fully saturated rings. The van der Waals surface area contributed by atoms with Crippen molar-refractivity contribution in [1.82, 2.24) is 5.32 Å². The fourth-order valence-electron chi connectivity index (χ4n) is 5.53. The topological polar surface area (TPSA) is 43.2 Å². The van der Waals surface area contributed by atoms with Crippen LogP contribution < -0.4 is 10.6 Å². The van der Waals surface area contributed by atoms with Crippen molar-refractivity contribution in [1.29, 1.82) is 0 Å². The Morgan fingerprint density at radius 3 is 2.08 bits per heavy atom. The van der Waals surface area contributed by atoms with Gasteiger partial charge in [0.2, 0.25) is 5.91 Å². The van der Waals surface area contributed by atoms with Gasteiger partial charge in [-0.1, -0.05) is 95.8 Å². The summed E-state index contributed by atoms with van der Waals surface area (Å²) in [7, 11) is 0. The van der Waals surface area contributed by atoms with Crippen molar-refractivity contribution in [3.8, 4) is 0 Å². The minimum atomic E-state index is -4.33. The van der Waals surface area contributed by atoms with Crippen LogP contribution in [-0.2, 0) is 24.1 Å². The molecule has 0 atom stereocenters. The van der Waals surface area contributed by atoms with Crippen LogP contribution in [0.1, 0.15) is 131 Å². The van der Waals surface area contributed by atoms with Crippen molar-refractivity contribution in [3.63, 3.8) is 0 Å². The predicted octanol–water partition coefficient (Wildman–Crippen LogP) is 9.92. The van der Waals surface area contributed by atoms with Gasteiger partial charge in [0.25, 0.3) is 0 Å². The molecule has 0 aromatic heterocycles. The summed E-state index contributed by atoms with van der Waals surface area (Å²) >= 11 is 0. The van der Waals surface area contributed by atoms with Gasteiger partial charge >= 0.3 is 6.18 Å². The van der Waals surface area contributed by atoms with Gasteiger partial charge in [0.15, 0.2) is 0 Å². The van der Waals surface area contributed by atoms with Crippen molar-refractivity contribution in [2.75, 3.05) is 5.32 Å². The van der Waals surface area contributed by atoms with E-state index < -0.39 is 11.7 Å². The summed E-state index contributed by atoms with van der Waals surface area (Å²) in [5.41, 5.74) is 2.93. The zero-order chi connectivity index (χ0) is 27.9. The summed E-state index contributed by atoms with van der Waals surface area (Å²) in [6.45, 7) is 3.13. The molecule has 0 heterocycles. The average molecular weight is 544 g/mol. The second kappa shape index (κ2) is 16.7. The van der Waals surface area contributed by atoms with Crippen LogP contribution in [0.2, 0.25) is 0 Å². The zero-order valence-corrected chi connectivity index (χ0v) is 23.6. The number of unbranched alkanes of at least 4 members (excludes halogenated alkanes) is 9. The van der Waals surface area contributed by atoms with E-state index in [0.717, 1.165) is 60.9 Å². The number of hydrogen-bond donors (Lipinski definition) is 1. The van der Waals surface area contributed by atoms with Gasteiger partial charge < -0.3 is 5.32 Å². The number of rotatable bonds is 17. The molecule has 1 amide bonds. The average Bonchev–Trinajstić information content (AvgIpc) is 3.45. The molecule has 3 rings (SSSR count). The fraction of sp³-hybridized carbons (Fsp3) is 0.606. The number of carbonyl (C=O) groups excluding carboxylic acids is 1. The van der Waals surface area contributed by atoms with Crippen LogP contribution in [0.15, 0.2) is 42.5 Å². The van der Waals surface area contributed by atoms with E-state index in [1.807, 2.05) is 24.3 Å². The van der Waals surface area contributed by atoms with Crippen LogP contribution in [0.5, 0.6) is 0 Å². The molecule has 1 saturated carbocycles. The number of amides is 1. The van der Waals surface area contributed by atoms with Crippen LogP contribution in [0.3, 0.4) is 0 Å². The van der Waals surface area contributed by atoms with Crippen LogP contribution in [-0.4, -0.2) is 5.91 Å². The highest BCUT2D eigenvalue weighted by atomic mass is 19.4. The summed E-state index contributed by atoms with van der Waals surface area (Å²) in [5.74, 6) is 0.245. The Hall–Kier alpha value is -2.34. The molecule has 1 radical (unpaired) electrons.